The Morgan fingerprint density at radius 3 is 2.22 bits per heavy atom. The highest BCUT2D eigenvalue weighted by Gasteiger charge is 2.36. The number of carbonyl (C=O) groups is 1. The Bertz CT molecular complexity index is 1180. The summed E-state index contributed by atoms with van der Waals surface area (Å²) in [6.07, 6.45) is 0. The molecule has 0 radical (unpaired) electrons. The van der Waals surface area contributed by atoms with E-state index in [-0.39, 0.29) is 35.0 Å². The number of benzene rings is 3. The number of hydrogen-bond acceptors (Lipinski definition) is 1. The first-order valence-corrected chi connectivity index (χ1v) is 11.3. The molecule has 1 aliphatic carbocycles. The van der Waals surface area contributed by atoms with Gasteiger partial charge in [0.15, 0.2) is 5.78 Å². The van der Waals surface area contributed by atoms with Gasteiger partial charge in [-0.15, -0.1) is 0 Å². The van der Waals surface area contributed by atoms with Gasteiger partial charge < -0.3 is 0 Å². The highest BCUT2D eigenvalue weighted by Crippen LogP contribution is 2.44. The zero-order valence-electron chi connectivity index (χ0n) is 17.1. The van der Waals surface area contributed by atoms with Crippen molar-refractivity contribution in [2.75, 3.05) is 0 Å². The van der Waals surface area contributed by atoms with Crippen molar-refractivity contribution in [3.63, 3.8) is 0 Å². The van der Waals surface area contributed by atoms with E-state index in [2.05, 4.69) is 19.6 Å². The maximum absolute atomic E-state index is 13.3. The lowest BCUT2D eigenvalue weighted by Crippen LogP contribution is -2.41. The van der Waals surface area contributed by atoms with Crippen LogP contribution >= 0.6 is 11.6 Å². The molecule has 0 saturated carbocycles. The molecule has 0 unspecified atom stereocenters. The number of rotatable bonds is 1. The van der Waals surface area contributed by atoms with Crippen LogP contribution in [0.5, 0.6) is 0 Å². The predicted molar refractivity (Wildman–Crippen MR) is 101 cm³/mol. The van der Waals surface area contributed by atoms with Crippen molar-refractivity contribution in [1.82, 2.24) is 0 Å². The summed E-state index contributed by atoms with van der Waals surface area (Å²) >= 11 is 6.72. The summed E-state index contributed by atoms with van der Waals surface area (Å²) in [7, 11) is -2.18. The van der Waals surface area contributed by atoms with Crippen LogP contribution < -0.4 is 5.19 Å². The van der Waals surface area contributed by atoms with E-state index in [0.29, 0.717) is 27.5 Å². The summed E-state index contributed by atoms with van der Waals surface area (Å²) in [6, 6.07) is 6.36. The molecule has 4 rings (SSSR count). The van der Waals surface area contributed by atoms with Gasteiger partial charge in [0.05, 0.1) is 18.6 Å². The molecule has 114 valence electrons. The van der Waals surface area contributed by atoms with Crippen molar-refractivity contribution in [1.29, 1.82) is 0 Å². The summed E-state index contributed by atoms with van der Waals surface area (Å²) in [6.45, 7) is 6.23. The van der Waals surface area contributed by atoms with Crippen LogP contribution in [0, 0.1) is 0 Å². The lowest BCUT2D eigenvalue weighted by atomic mass is 10.00. The van der Waals surface area contributed by atoms with E-state index in [1.54, 1.807) is 12.1 Å². The number of carbonyl (C=O) groups excluding carboxylic acids is 1. The summed E-state index contributed by atoms with van der Waals surface area (Å²) in [4.78, 5) is 13.3. The second kappa shape index (κ2) is 4.79. The van der Waals surface area contributed by atoms with E-state index < -0.39 is 8.07 Å². The highest BCUT2D eigenvalue weighted by molar-refractivity contribution is 6.91. The van der Waals surface area contributed by atoms with Crippen molar-refractivity contribution < 1.29 is 10.3 Å². The smallest absolute Gasteiger partial charge is 0.194 e. The Balaban J connectivity index is 2.38. The fraction of sp³-hybridized carbons (Fsp3) is 0.150. The third kappa shape index (κ3) is 1.95. The molecule has 3 heteroatoms. The van der Waals surface area contributed by atoms with E-state index in [9.17, 15) is 4.79 Å². The molecule has 0 bridgehead atoms. The number of ketones is 1. The standard InChI is InChI=1S/C20H17ClOSi/c1-23(2,3)20-15-11-7-5-9-13(15)18(21)16-12-8-4-6-10-14(12)19(22)17(16)20/h4-11H,1-3H3/i5D,7D,9D,11D. The van der Waals surface area contributed by atoms with Gasteiger partial charge in [0.2, 0.25) is 0 Å². The molecular formula is C20H17ClOSi. The third-order valence-electron chi connectivity index (χ3n) is 4.29. The molecule has 0 fully saturated rings. The van der Waals surface area contributed by atoms with Crippen LogP contribution in [0.2, 0.25) is 24.7 Å². The molecule has 3 aromatic rings. The number of hydrogen-bond donors (Lipinski definition) is 0. The van der Waals surface area contributed by atoms with Gasteiger partial charge in [0.1, 0.15) is 0 Å². The van der Waals surface area contributed by atoms with E-state index in [1.807, 2.05) is 12.1 Å². The predicted octanol–water partition coefficient (Wildman–Crippen LogP) is 5.25. The molecule has 23 heavy (non-hydrogen) atoms. The van der Waals surface area contributed by atoms with Crippen molar-refractivity contribution in [2.24, 2.45) is 0 Å². The minimum Gasteiger partial charge on any atom is -0.289 e. The fourth-order valence-electron chi connectivity index (χ4n) is 3.41. The molecule has 0 aliphatic heterocycles. The Labute approximate surface area is 147 Å². The zero-order valence-corrected chi connectivity index (χ0v) is 14.9. The summed E-state index contributed by atoms with van der Waals surface area (Å²) in [5, 5.41) is 1.69. The highest BCUT2D eigenvalue weighted by atomic mass is 35.5. The van der Waals surface area contributed by atoms with E-state index >= 15 is 0 Å². The number of halogens is 1. The second-order valence-corrected chi connectivity index (χ2v) is 12.2. The van der Waals surface area contributed by atoms with Crippen molar-refractivity contribution in [3.05, 3.63) is 64.6 Å². The molecule has 0 spiro atoms. The topological polar surface area (TPSA) is 17.1 Å². The average molecular weight is 341 g/mol. The van der Waals surface area contributed by atoms with Gasteiger partial charge in [-0.3, -0.25) is 4.79 Å². The van der Waals surface area contributed by atoms with Gasteiger partial charge >= 0.3 is 0 Å². The first-order valence-electron chi connectivity index (χ1n) is 9.47. The van der Waals surface area contributed by atoms with Crippen molar-refractivity contribution in [3.8, 4) is 11.1 Å². The minimum atomic E-state index is -2.18. The van der Waals surface area contributed by atoms with Crippen LogP contribution in [-0.4, -0.2) is 13.9 Å². The molecular weight excluding hydrogens is 320 g/mol. The summed E-state index contributed by atoms with van der Waals surface area (Å²) < 4.78 is 33.1. The summed E-state index contributed by atoms with van der Waals surface area (Å²) in [5.74, 6) is -0.116. The number of fused-ring (bicyclic) bond motifs is 4. The van der Waals surface area contributed by atoms with Crippen molar-refractivity contribution in [2.45, 2.75) is 19.6 Å². The lowest BCUT2D eigenvalue weighted by molar-refractivity contribution is 0.104. The molecule has 0 amide bonds. The molecule has 0 aromatic heterocycles. The third-order valence-corrected chi connectivity index (χ3v) is 6.67. The molecule has 0 heterocycles. The Morgan fingerprint density at radius 1 is 0.957 bits per heavy atom. The second-order valence-electron chi connectivity index (χ2n) is 6.81. The van der Waals surface area contributed by atoms with E-state index in [4.69, 9.17) is 17.1 Å². The maximum Gasteiger partial charge on any atom is 0.194 e. The Morgan fingerprint density at radius 2 is 1.57 bits per heavy atom. The van der Waals surface area contributed by atoms with Crippen molar-refractivity contribution >= 4 is 41.4 Å². The first-order chi connectivity index (χ1) is 12.6. The molecule has 0 saturated heterocycles. The normalized spacial score (nSPS) is 15.7. The quantitative estimate of drug-likeness (QED) is 0.432. The largest absolute Gasteiger partial charge is 0.289 e. The molecule has 1 nitrogen and oxygen atoms in total. The van der Waals surface area contributed by atoms with Gasteiger partial charge in [-0.2, -0.15) is 0 Å². The van der Waals surface area contributed by atoms with E-state index in [0.717, 1.165) is 10.8 Å². The van der Waals surface area contributed by atoms with E-state index in [1.165, 1.54) is 0 Å². The van der Waals surface area contributed by atoms with Crippen LogP contribution in [-0.2, 0) is 0 Å². The van der Waals surface area contributed by atoms with Gasteiger partial charge in [-0.25, -0.2) is 0 Å². The van der Waals surface area contributed by atoms with Crippen LogP contribution in [0.25, 0.3) is 21.9 Å². The first kappa shape index (κ1) is 10.8. The monoisotopic (exact) mass is 340 g/mol. The van der Waals surface area contributed by atoms with Crippen LogP contribution in [0.1, 0.15) is 21.4 Å². The maximum atomic E-state index is 13.3. The molecule has 3 aromatic carbocycles. The Kier molecular flexibility index (Phi) is 2.25. The van der Waals surface area contributed by atoms with Gasteiger partial charge in [0.25, 0.3) is 0 Å². The average Bonchev–Trinajstić information content (AvgIpc) is 2.90. The molecule has 0 atom stereocenters. The SMILES string of the molecule is [2H]c1c([2H])c([2H])c2c([Si](C)(C)C)c3c(c(Cl)c2c1[2H])-c1ccccc1C3=O. The molecule has 0 N–H and O–H groups in total. The van der Waals surface area contributed by atoms with Gasteiger partial charge in [0, 0.05) is 22.1 Å². The summed E-state index contributed by atoms with van der Waals surface area (Å²) in [5.41, 5.74) is 2.42. The van der Waals surface area contributed by atoms with Gasteiger partial charge in [-0.1, -0.05) is 79.7 Å². The molecule has 1 aliphatic rings. The Hall–Kier alpha value is -1.90. The lowest BCUT2D eigenvalue weighted by Gasteiger charge is -2.24. The van der Waals surface area contributed by atoms with Crippen LogP contribution in [0.15, 0.2) is 48.4 Å². The fourth-order valence-corrected chi connectivity index (χ4v) is 5.68. The van der Waals surface area contributed by atoms with Crippen LogP contribution in [0.4, 0.5) is 0 Å². The van der Waals surface area contributed by atoms with Crippen LogP contribution in [0.3, 0.4) is 0 Å². The van der Waals surface area contributed by atoms with Gasteiger partial charge in [-0.05, 0) is 16.1 Å². The zero-order chi connectivity index (χ0) is 19.8. The minimum absolute atomic E-state index is 0.116.